The molecule has 2 rings (SSSR count). The molecule has 0 unspecified atom stereocenters. The summed E-state index contributed by atoms with van der Waals surface area (Å²) in [4.78, 5) is 14.9. The lowest BCUT2D eigenvalue weighted by Crippen LogP contribution is -2.19. The van der Waals surface area contributed by atoms with Crippen LogP contribution in [-0.2, 0) is 0 Å². The van der Waals surface area contributed by atoms with Crippen LogP contribution in [0.15, 0.2) is 29.1 Å². The number of aromatic amines is 1. The number of hydrogen-bond donors (Lipinski definition) is 3. The molecular formula is C7H7N5O2. The van der Waals surface area contributed by atoms with Crippen molar-refractivity contribution in [1.82, 2.24) is 15.2 Å². The molecule has 0 saturated heterocycles. The van der Waals surface area contributed by atoms with Gasteiger partial charge in [-0.15, -0.1) is 0 Å². The number of aromatic nitrogens is 3. The van der Waals surface area contributed by atoms with Crippen molar-refractivity contribution in [1.29, 1.82) is 0 Å². The van der Waals surface area contributed by atoms with E-state index in [4.69, 9.17) is 4.42 Å². The Kier molecular flexibility index (Phi) is 2.14. The zero-order valence-corrected chi connectivity index (χ0v) is 7.02. The summed E-state index contributed by atoms with van der Waals surface area (Å²) in [7, 11) is 0. The van der Waals surface area contributed by atoms with Gasteiger partial charge in [-0.05, 0) is 6.07 Å². The Hall–Kier alpha value is -2.31. The zero-order valence-electron chi connectivity index (χ0n) is 7.02. The number of urea groups is 1. The second kappa shape index (κ2) is 3.60. The normalized spacial score (nSPS) is 9.71. The Labute approximate surface area is 78.5 Å². The highest BCUT2D eigenvalue weighted by Gasteiger charge is 2.04. The highest BCUT2D eigenvalue weighted by Crippen LogP contribution is 2.06. The van der Waals surface area contributed by atoms with Gasteiger partial charge in [-0.25, -0.2) is 9.89 Å². The van der Waals surface area contributed by atoms with Gasteiger partial charge in [0.2, 0.25) is 11.8 Å². The smallest absolute Gasteiger partial charge is 0.328 e. The molecule has 14 heavy (non-hydrogen) atoms. The summed E-state index contributed by atoms with van der Waals surface area (Å²) in [5.74, 6) is 0.635. The number of amides is 2. The van der Waals surface area contributed by atoms with Crippen molar-refractivity contribution in [3.8, 4) is 0 Å². The van der Waals surface area contributed by atoms with Crippen molar-refractivity contribution in [3.05, 3.63) is 24.7 Å². The molecule has 7 heteroatoms. The number of rotatable bonds is 2. The maximum Gasteiger partial charge on any atom is 0.328 e. The van der Waals surface area contributed by atoms with Crippen LogP contribution in [0, 0.1) is 0 Å². The van der Waals surface area contributed by atoms with Crippen LogP contribution >= 0.6 is 0 Å². The van der Waals surface area contributed by atoms with Crippen molar-refractivity contribution in [2.45, 2.75) is 0 Å². The van der Waals surface area contributed by atoms with E-state index in [2.05, 4.69) is 25.8 Å². The maximum absolute atomic E-state index is 11.2. The van der Waals surface area contributed by atoms with Gasteiger partial charge in [-0.3, -0.25) is 10.6 Å². The quantitative estimate of drug-likeness (QED) is 0.663. The van der Waals surface area contributed by atoms with Crippen LogP contribution < -0.4 is 10.6 Å². The standard InChI is InChI=1S/C7H7N5O2/c13-7(10-5-2-1-3-14-5)11-6-8-4-9-12-6/h1-4H,(H3,8,9,10,11,12,13). The molecule has 0 fully saturated rings. The number of carbonyl (C=O) groups is 1. The molecule has 0 aromatic carbocycles. The van der Waals surface area contributed by atoms with Crippen LogP contribution in [0.3, 0.4) is 0 Å². The van der Waals surface area contributed by atoms with E-state index in [9.17, 15) is 4.79 Å². The Morgan fingerprint density at radius 1 is 1.50 bits per heavy atom. The molecule has 0 aliphatic carbocycles. The first-order valence-corrected chi connectivity index (χ1v) is 3.81. The molecule has 72 valence electrons. The molecule has 0 spiro atoms. The van der Waals surface area contributed by atoms with Crippen molar-refractivity contribution < 1.29 is 9.21 Å². The fraction of sp³-hybridized carbons (Fsp3) is 0. The minimum Gasteiger partial charge on any atom is -0.449 e. The third-order valence-electron chi connectivity index (χ3n) is 1.40. The van der Waals surface area contributed by atoms with Gasteiger partial charge in [-0.1, -0.05) is 0 Å². The largest absolute Gasteiger partial charge is 0.449 e. The van der Waals surface area contributed by atoms with E-state index >= 15 is 0 Å². The van der Waals surface area contributed by atoms with Crippen LogP contribution in [0.25, 0.3) is 0 Å². The number of anilines is 2. The summed E-state index contributed by atoms with van der Waals surface area (Å²) in [6.07, 6.45) is 2.76. The first-order valence-electron chi connectivity index (χ1n) is 3.81. The predicted octanol–water partition coefficient (Wildman–Crippen LogP) is 1.04. The van der Waals surface area contributed by atoms with Crippen LogP contribution in [0.1, 0.15) is 0 Å². The van der Waals surface area contributed by atoms with Gasteiger partial charge in [0, 0.05) is 6.07 Å². The van der Waals surface area contributed by atoms with Crippen molar-refractivity contribution in [2.75, 3.05) is 10.6 Å². The van der Waals surface area contributed by atoms with Gasteiger partial charge >= 0.3 is 6.03 Å². The van der Waals surface area contributed by atoms with Gasteiger partial charge in [0.15, 0.2) is 0 Å². The van der Waals surface area contributed by atoms with E-state index in [-0.39, 0.29) is 5.95 Å². The summed E-state index contributed by atoms with van der Waals surface area (Å²) in [5.41, 5.74) is 0. The molecule has 3 N–H and O–H groups in total. The minimum absolute atomic E-state index is 0.272. The molecule has 7 nitrogen and oxygen atoms in total. The van der Waals surface area contributed by atoms with E-state index in [0.717, 1.165) is 0 Å². The van der Waals surface area contributed by atoms with Gasteiger partial charge in [0.05, 0.1) is 6.26 Å². The summed E-state index contributed by atoms with van der Waals surface area (Å²) < 4.78 is 4.91. The van der Waals surface area contributed by atoms with Crippen molar-refractivity contribution in [2.24, 2.45) is 0 Å². The first-order chi connectivity index (χ1) is 6.84. The second-order valence-electron chi connectivity index (χ2n) is 2.39. The van der Waals surface area contributed by atoms with E-state index in [0.29, 0.717) is 5.88 Å². The lowest BCUT2D eigenvalue weighted by molar-refractivity contribution is 0.261. The number of H-pyrrole nitrogens is 1. The second-order valence-corrected chi connectivity index (χ2v) is 2.39. The predicted molar refractivity (Wildman–Crippen MR) is 47.7 cm³/mol. The molecule has 2 aromatic heterocycles. The molecule has 2 aromatic rings. The van der Waals surface area contributed by atoms with Gasteiger partial charge in [0.25, 0.3) is 0 Å². The highest BCUT2D eigenvalue weighted by atomic mass is 16.3. The number of furan rings is 1. The maximum atomic E-state index is 11.2. The summed E-state index contributed by atoms with van der Waals surface area (Å²) >= 11 is 0. The summed E-state index contributed by atoms with van der Waals surface area (Å²) in [6, 6.07) is 2.85. The van der Waals surface area contributed by atoms with Gasteiger partial charge in [0.1, 0.15) is 6.33 Å². The Balaban J connectivity index is 1.91. The number of nitrogens with zero attached hydrogens (tertiary/aromatic N) is 2. The van der Waals surface area contributed by atoms with Crippen molar-refractivity contribution in [3.63, 3.8) is 0 Å². The number of hydrogen-bond acceptors (Lipinski definition) is 4. The summed E-state index contributed by atoms with van der Waals surface area (Å²) in [5, 5.41) is 10.9. The third-order valence-corrected chi connectivity index (χ3v) is 1.40. The Bertz CT molecular complexity index is 355. The first kappa shape index (κ1) is 8.30. The molecule has 0 bridgehead atoms. The number of nitrogens with one attached hydrogen (secondary N) is 3. The molecule has 0 aliphatic rings. The third kappa shape index (κ3) is 1.89. The van der Waals surface area contributed by atoms with E-state index in [1.807, 2.05) is 0 Å². The topological polar surface area (TPSA) is 95.8 Å². The van der Waals surface area contributed by atoms with Crippen LogP contribution in [-0.4, -0.2) is 21.2 Å². The lowest BCUT2D eigenvalue weighted by atomic mass is 10.6. The Morgan fingerprint density at radius 3 is 3.07 bits per heavy atom. The highest BCUT2D eigenvalue weighted by molar-refractivity contribution is 5.97. The SMILES string of the molecule is O=C(Nc1ncn[nH]1)Nc1ccco1. The summed E-state index contributed by atoms with van der Waals surface area (Å²) in [6.45, 7) is 0. The van der Waals surface area contributed by atoms with E-state index < -0.39 is 6.03 Å². The zero-order chi connectivity index (χ0) is 9.80. The van der Waals surface area contributed by atoms with Crippen LogP contribution in [0.4, 0.5) is 16.6 Å². The Morgan fingerprint density at radius 2 is 2.43 bits per heavy atom. The van der Waals surface area contributed by atoms with Gasteiger partial charge in [-0.2, -0.15) is 10.1 Å². The lowest BCUT2D eigenvalue weighted by Gasteiger charge is -2.00. The molecule has 2 amide bonds. The van der Waals surface area contributed by atoms with Crippen molar-refractivity contribution >= 4 is 17.9 Å². The molecule has 0 radical (unpaired) electrons. The average Bonchev–Trinajstić information content (AvgIpc) is 2.76. The molecule has 0 aliphatic heterocycles. The molecule has 0 saturated carbocycles. The van der Waals surface area contributed by atoms with Gasteiger partial charge < -0.3 is 4.42 Å². The fourth-order valence-corrected chi connectivity index (χ4v) is 0.866. The van der Waals surface area contributed by atoms with Crippen LogP contribution in [0.5, 0.6) is 0 Å². The average molecular weight is 193 g/mol. The minimum atomic E-state index is -0.447. The molecule has 2 heterocycles. The fourth-order valence-electron chi connectivity index (χ4n) is 0.866. The van der Waals surface area contributed by atoms with E-state index in [1.54, 1.807) is 12.1 Å². The van der Waals surface area contributed by atoms with Crippen LogP contribution in [0.2, 0.25) is 0 Å². The number of carbonyl (C=O) groups excluding carboxylic acids is 1. The van der Waals surface area contributed by atoms with E-state index in [1.165, 1.54) is 12.6 Å². The molecular weight excluding hydrogens is 186 g/mol. The monoisotopic (exact) mass is 193 g/mol. The molecule has 0 atom stereocenters.